The third-order valence-corrected chi connectivity index (χ3v) is 4.54. The van der Waals surface area contributed by atoms with Gasteiger partial charge >= 0.3 is 0 Å². The molecule has 1 saturated carbocycles. The van der Waals surface area contributed by atoms with Crippen LogP contribution in [0.4, 0.5) is 5.69 Å². The molecule has 0 radical (unpaired) electrons. The molecule has 1 aliphatic carbocycles. The second-order valence-electron chi connectivity index (χ2n) is 7.35. The van der Waals surface area contributed by atoms with Crippen molar-refractivity contribution in [2.24, 2.45) is 11.3 Å². The summed E-state index contributed by atoms with van der Waals surface area (Å²) < 4.78 is 0. The van der Waals surface area contributed by atoms with E-state index in [4.69, 9.17) is 5.73 Å². The Bertz CT molecular complexity index is 490. The van der Waals surface area contributed by atoms with Crippen molar-refractivity contribution in [1.29, 1.82) is 0 Å². The summed E-state index contributed by atoms with van der Waals surface area (Å²) in [7, 11) is 0. The first-order valence-corrected chi connectivity index (χ1v) is 8.00. The lowest BCUT2D eigenvalue weighted by Crippen LogP contribution is -2.47. The Balaban J connectivity index is 1.97. The summed E-state index contributed by atoms with van der Waals surface area (Å²) in [5, 5.41) is 3.26. The molecule has 21 heavy (non-hydrogen) atoms. The first kappa shape index (κ1) is 15.9. The standard InChI is InChI=1S/C18H28N2O/c1-18(2,3)15-9-4-5-10-16(15)20-17(21)12-13-7-6-8-14(19)11-13/h6-8,11,15-16H,4-5,9-10,12,19H2,1-3H3,(H,20,21). The first-order valence-electron chi connectivity index (χ1n) is 8.00. The lowest BCUT2D eigenvalue weighted by Gasteiger charge is -2.40. The van der Waals surface area contributed by atoms with Crippen LogP contribution < -0.4 is 11.1 Å². The van der Waals surface area contributed by atoms with Gasteiger partial charge in [0, 0.05) is 11.7 Å². The Morgan fingerprint density at radius 2 is 2.00 bits per heavy atom. The summed E-state index contributed by atoms with van der Waals surface area (Å²) in [5.41, 5.74) is 7.71. The topological polar surface area (TPSA) is 55.1 Å². The molecule has 3 nitrogen and oxygen atoms in total. The van der Waals surface area contributed by atoms with Gasteiger partial charge in [-0.25, -0.2) is 0 Å². The van der Waals surface area contributed by atoms with Crippen molar-refractivity contribution >= 4 is 11.6 Å². The van der Waals surface area contributed by atoms with Gasteiger partial charge in [-0.15, -0.1) is 0 Å². The molecule has 1 fully saturated rings. The molecule has 2 atom stereocenters. The Kier molecular flexibility index (Phi) is 4.92. The van der Waals surface area contributed by atoms with Crippen LogP contribution in [0.5, 0.6) is 0 Å². The molecule has 1 aromatic rings. The average molecular weight is 288 g/mol. The van der Waals surface area contributed by atoms with Crippen LogP contribution in [0.2, 0.25) is 0 Å². The minimum atomic E-state index is 0.113. The predicted molar refractivity (Wildman–Crippen MR) is 87.9 cm³/mol. The van der Waals surface area contributed by atoms with E-state index in [1.165, 1.54) is 19.3 Å². The minimum Gasteiger partial charge on any atom is -0.399 e. The van der Waals surface area contributed by atoms with Crippen molar-refractivity contribution in [2.75, 3.05) is 5.73 Å². The van der Waals surface area contributed by atoms with Crippen molar-refractivity contribution in [3.8, 4) is 0 Å². The summed E-state index contributed by atoms with van der Waals surface area (Å²) in [6, 6.07) is 7.89. The van der Waals surface area contributed by atoms with E-state index in [1.807, 2.05) is 24.3 Å². The molecule has 0 aliphatic heterocycles. The maximum absolute atomic E-state index is 12.3. The Morgan fingerprint density at radius 1 is 1.29 bits per heavy atom. The largest absolute Gasteiger partial charge is 0.399 e. The van der Waals surface area contributed by atoms with E-state index < -0.39 is 0 Å². The lowest BCUT2D eigenvalue weighted by molar-refractivity contribution is -0.122. The van der Waals surface area contributed by atoms with Crippen LogP contribution in [0.25, 0.3) is 0 Å². The van der Waals surface area contributed by atoms with Gasteiger partial charge in [0.25, 0.3) is 0 Å². The predicted octanol–water partition coefficient (Wildman–Crippen LogP) is 3.53. The molecular weight excluding hydrogens is 260 g/mol. The van der Waals surface area contributed by atoms with Crippen molar-refractivity contribution in [2.45, 2.75) is 58.9 Å². The van der Waals surface area contributed by atoms with E-state index in [9.17, 15) is 4.79 Å². The Labute approximate surface area is 128 Å². The summed E-state index contributed by atoms with van der Waals surface area (Å²) >= 11 is 0. The number of carbonyl (C=O) groups is 1. The van der Waals surface area contributed by atoms with Gasteiger partial charge in [0.15, 0.2) is 0 Å². The van der Waals surface area contributed by atoms with Crippen molar-refractivity contribution in [3.05, 3.63) is 29.8 Å². The maximum Gasteiger partial charge on any atom is 0.224 e. The fourth-order valence-electron chi connectivity index (χ4n) is 3.49. The molecular formula is C18H28N2O. The van der Waals surface area contributed by atoms with Crippen molar-refractivity contribution < 1.29 is 4.79 Å². The van der Waals surface area contributed by atoms with Crippen molar-refractivity contribution in [3.63, 3.8) is 0 Å². The molecule has 0 saturated heterocycles. The second-order valence-corrected chi connectivity index (χ2v) is 7.35. The third-order valence-electron chi connectivity index (χ3n) is 4.54. The zero-order chi connectivity index (χ0) is 15.5. The van der Waals surface area contributed by atoms with Crippen LogP contribution in [-0.2, 0) is 11.2 Å². The van der Waals surface area contributed by atoms with Gasteiger partial charge in [-0.3, -0.25) is 4.79 Å². The number of nitrogens with one attached hydrogen (secondary N) is 1. The fourth-order valence-corrected chi connectivity index (χ4v) is 3.49. The lowest BCUT2D eigenvalue weighted by atomic mass is 9.69. The van der Waals surface area contributed by atoms with Crippen LogP contribution in [0.1, 0.15) is 52.0 Å². The summed E-state index contributed by atoms with van der Waals surface area (Å²) in [5.74, 6) is 0.679. The van der Waals surface area contributed by atoms with Crippen LogP contribution in [0.3, 0.4) is 0 Å². The number of benzene rings is 1. The number of amides is 1. The van der Waals surface area contributed by atoms with Gasteiger partial charge in [-0.2, -0.15) is 0 Å². The maximum atomic E-state index is 12.3. The van der Waals surface area contributed by atoms with Crippen LogP contribution in [-0.4, -0.2) is 11.9 Å². The van der Waals surface area contributed by atoms with Crippen LogP contribution in [0.15, 0.2) is 24.3 Å². The van der Waals surface area contributed by atoms with Crippen LogP contribution >= 0.6 is 0 Å². The SMILES string of the molecule is CC(C)(C)C1CCCCC1NC(=O)Cc1cccc(N)c1. The normalized spacial score (nSPS) is 22.8. The zero-order valence-electron chi connectivity index (χ0n) is 13.5. The van der Waals surface area contributed by atoms with E-state index in [0.29, 0.717) is 24.1 Å². The highest BCUT2D eigenvalue weighted by atomic mass is 16.1. The van der Waals surface area contributed by atoms with Crippen LogP contribution in [0, 0.1) is 11.3 Å². The van der Waals surface area contributed by atoms with E-state index in [0.717, 1.165) is 12.0 Å². The molecule has 1 aliphatic rings. The fraction of sp³-hybridized carbons (Fsp3) is 0.611. The molecule has 1 amide bonds. The monoisotopic (exact) mass is 288 g/mol. The second kappa shape index (κ2) is 6.50. The molecule has 116 valence electrons. The van der Waals surface area contributed by atoms with Gasteiger partial charge < -0.3 is 11.1 Å². The summed E-state index contributed by atoms with van der Waals surface area (Å²) in [6.07, 6.45) is 5.23. The number of hydrogen-bond acceptors (Lipinski definition) is 2. The number of nitrogens with two attached hydrogens (primary N) is 1. The first-order chi connectivity index (χ1) is 9.86. The van der Waals surface area contributed by atoms with E-state index >= 15 is 0 Å². The quantitative estimate of drug-likeness (QED) is 0.836. The Morgan fingerprint density at radius 3 is 2.67 bits per heavy atom. The van der Waals surface area contributed by atoms with Gasteiger partial charge in [0.2, 0.25) is 5.91 Å². The molecule has 3 N–H and O–H groups in total. The smallest absolute Gasteiger partial charge is 0.224 e. The van der Waals surface area contributed by atoms with Crippen molar-refractivity contribution in [1.82, 2.24) is 5.32 Å². The number of anilines is 1. The van der Waals surface area contributed by atoms with E-state index in [2.05, 4.69) is 26.1 Å². The number of carbonyl (C=O) groups excluding carboxylic acids is 1. The minimum absolute atomic E-state index is 0.113. The molecule has 0 heterocycles. The number of hydrogen-bond donors (Lipinski definition) is 2. The highest BCUT2D eigenvalue weighted by molar-refractivity contribution is 5.79. The summed E-state index contributed by atoms with van der Waals surface area (Å²) in [6.45, 7) is 6.83. The average Bonchev–Trinajstić information content (AvgIpc) is 2.37. The molecule has 0 spiro atoms. The van der Waals surface area contributed by atoms with Gasteiger partial charge in [-0.1, -0.05) is 45.7 Å². The zero-order valence-corrected chi connectivity index (χ0v) is 13.5. The molecule has 3 heteroatoms. The van der Waals surface area contributed by atoms with Gasteiger partial charge in [-0.05, 0) is 41.9 Å². The summed E-state index contributed by atoms with van der Waals surface area (Å²) in [4.78, 5) is 12.3. The van der Waals surface area contributed by atoms with Gasteiger partial charge in [0.1, 0.15) is 0 Å². The molecule has 2 rings (SSSR count). The molecule has 0 bridgehead atoms. The van der Waals surface area contributed by atoms with E-state index in [1.54, 1.807) is 0 Å². The molecule has 1 aromatic carbocycles. The molecule has 0 aromatic heterocycles. The number of nitrogen functional groups attached to an aromatic ring is 1. The van der Waals surface area contributed by atoms with Gasteiger partial charge in [0.05, 0.1) is 6.42 Å². The Hall–Kier alpha value is -1.51. The third kappa shape index (κ3) is 4.48. The highest BCUT2D eigenvalue weighted by Crippen LogP contribution is 2.37. The van der Waals surface area contributed by atoms with E-state index in [-0.39, 0.29) is 11.3 Å². The highest BCUT2D eigenvalue weighted by Gasteiger charge is 2.34. The number of rotatable bonds is 3. The molecule has 2 unspecified atom stereocenters.